The molecule has 3 nitrogen and oxygen atoms in total. The normalized spacial score (nSPS) is 12.6. The molecule has 1 aromatic carbocycles. The molecule has 0 saturated heterocycles. The summed E-state index contributed by atoms with van der Waals surface area (Å²) >= 11 is 5.00. The van der Waals surface area contributed by atoms with E-state index in [9.17, 15) is 0 Å². The third-order valence-electron chi connectivity index (χ3n) is 2.36. The predicted molar refractivity (Wildman–Crippen MR) is 70.0 cm³/mol. The molecule has 1 atom stereocenters. The molecule has 0 spiro atoms. The van der Waals surface area contributed by atoms with Crippen molar-refractivity contribution in [2.45, 2.75) is 12.5 Å². The molecule has 1 aromatic heterocycles. The standard InChI is InChI=1S/C11H12BrN3S/c12-9-3-1-8(2-4-9)5-10(15-13)11-6-16-7-14-11/h1-4,6-7,10,15H,5,13H2. The Bertz CT molecular complexity index is 427. The highest BCUT2D eigenvalue weighted by atomic mass is 79.9. The van der Waals surface area contributed by atoms with Crippen LogP contribution >= 0.6 is 27.3 Å². The van der Waals surface area contributed by atoms with Crippen LogP contribution in [-0.4, -0.2) is 4.98 Å². The molecule has 2 aromatic rings. The molecule has 0 bridgehead atoms. The Labute approximate surface area is 107 Å². The third kappa shape index (κ3) is 2.89. The van der Waals surface area contributed by atoms with Gasteiger partial charge in [0.25, 0.3) is 0 Å². The van der Waals surface area contributed by atoms with Gasteiger partial charge in [-0.3, -0.25) is 11.3 Å². The van der Waals surface area contributed by atoms with E-state index in [-0.39, 0.29) is 6.04 Å². The van der Waals surface area contributed by atoms with Crippen LogP contribution in [0.4, 0.5) is 0 Å². The zero-order valence-corrected chi connectivity index (χ0v) is 11.0. The van der Waals surface area contributed by atoms with Gasteiger partial charge in [-0.2, -0.15) is 0 Å². The second kappa shape index (κ2) is 5.54. The van der Waals surface area contributed by atoms with E-state index in [0.29, 0.717) is 0 Å². The maximum atomic E-state index is 5.55. The molecule has 0 aliphatic heterocycles. The maximum absolute atomic E-state index is 5.55. The number of hydrogen-bond acceptors (Lipinski definition) is 4. The molecular weight excluding hydrogens is 286 g/mol. The fraction of sp³-hybridized carbons (Fsp3) is 0.182. The highest BCUT2D eigenvalue weighted by Crippen LogP contribution is 2.19. The first-order chi connectivity index (χ1) is 7.79. The molecule has 1 unspecified atom stereocenters. The van der Waals surface area contributed by atoms with Gasteiger partial charge in [0.05, 0.1) is 17.2 Å². The number of nitrogens with zero attached hydrogens (tertiary/aromatic N) is 1. The Kier molecular flexibility index (Phi) is 4.06. The van der Waals surface area contributed by atoms with E-state index in [1.54, 1.807) is 11.3 Å². The molecular formula is C11H12BrN3S. The molecule has 16 heavy (non-hydrogen) atoms. The largest absolute Gasteiger partial charge is 0.271 e. The Morgan fingerprint density at radius 2 is 2.12 bits per heavy atom. The second-order valence-electron chi connectivity index (χ2n) is 3.46. The average Bonchev–Trinajstić information content (AvgIpc) is 2.82. The summed E-state index contributed by atoms with van der Waals surface area (Å²) < 4.78 is 1.09. The van der Waals surface area contributed by atoms with Gasteiger partial charge in [0.2, 0.25) is 0 Å². The molecule has 0 saturated carbocycles. The lowest BCUT2D eigenvalue weighted by Crippen LogP contribution is -2.29. The molecule has 1 heterocycles. The lowest BCUT2D eigenvalue weighted by Gasteiger charge is -2.13. The quantitative estimate of drug-likeness (QED) is 0.674. The monoisotopic (exact) mass is 297 g/mol. The molecule has 2 rings (SSSR count). The number of aromatic nitrogens is 1. The van der Waals surface area contributed by atoms with Gasteiger partial charge < -0.3 is 0 Å². The van der Waals surface area contributed by atoms with E-state index >= 15 is 0 Å². The van der Waals surface area contributed by atoms with Crippen LogP contribution in [0.3, 0.4) is 0 Å². The van der Waals surface area contributed by atoms with Gasteiger partial charge in [0.1, 0.15) is 0 Å². The minimum absolute atomic E-state index is 0.0763. The summed E-state index contributed by atoms with van der Waals surface area (Å²) in [6.07, 6.45) is 0.841. The highest BCUT2D eigenvalue weighted by Gasteiger charge is 2.12. The SMILES string of the molecule is NNC(Cc1ccc(Br)cc1)c1cscn1. The van der Waals surface area contributed by atoms with Crippen molar-refractivity contribution in [1.82, 2.24) is 10.4 Å². The smallest absolute Gasteiger partial charge is 0.0795 e. The van der Waals surface area contributed by atoms with E-state index in [0.717, 1.165) is 16.6 Å². The van der Waals surface area contributed by atoms with Gasteiger partial charge in [-0.15, -0.1) is 11.3 Å². The van der Waals surface area contributed by atoms with Crippen molar-refractivity contribution in [2.24, 2.45) is 5.84 Å². The molecule has 0 amide bonds. The summed E-state index contributed by atoms with van der Waals surface area (Å²) in [7, 11) is 0. The molecule has 5 heteroatoms. The first kappa shape index (κ1) is 11.7. The van der Waals surface area contributed by atoms with Crippen molar-refractivity contribution in [1.29, 1.82) is 0 Å². The number of nitrogens with one attached hydrogen (secondary N) is 1. The number of benzene rings is 1. The van der Waals surface area contributed by atoms with E-state index in [4.69, 9.17) is 5.84 Å². The second-order valence-corrected chi connectivity index (χ2v) is 5.10. The van der Waals surface area contributed by atoms with Crippen molar-refractivity contribution in [3.63, 3.8) is 0 Å². The van der Waals surface area contributed by atoms with Crippen LogP contribution in [0.25, 0.3) is 0 Å². The van der Waals surface area contributed by atoms with Crippen molar-refractivity contribution in [3.8, 4) is 0 Å². The summed E-state index contributed by atoms with van der Waals surface area (Å²) in [6, 6.07) is 8.31. The number of hydrazine groups is 1. The van der Waals surface area contributed by atoms with Crippen LogP contribution in [0.15, 0.2) is 39.6 Å². The minimum Gasteiger partial charge on any atom is -0.271 e. The zero-order chi connectivity index (χ0) is 11.4. The summed E-state index contributed by atoms with van der Waals surface area (Å²) in [5.41, 5.74) is 6.85. The molecule has 0 aliphatic rings. The molecule has 0 aliphatic carbocycles. The Morgan fingerprint density at radius 1 is 1.38 bits per heavy atom. The van der Waals surface area contributed by atoms with Crippen molar-refractivity contribution < 1.29 is 0 Å². The van der Waals surface area contributed by atoms with E-state index in [1.807, 2.05) is 23.0 Å². The fourth-order valence-electron chi connectivity index (χ4n) is 1.50. The van der Waals surface area contributed by atoms with Gasteiger partial charge >= 0.3 is 0 Å². The van der Waals surface area contributed by atoms with Crippen LogP contribution in [0.5, 0.6) is 0 Å². The van der Waals surface area contributed by atoms with Gasteiger partial charge in [-0.25, -0.2) is 4.98 Å². The number of rotatable bonds is 4. The first-order valence-corrected chi connectivity index (χ1v) is 6.62. The van der Waals surface area contributed by atoms with E-state index < -0.39 is 0 Å². The van der Waals surface area contributed by atoms with Gasteiger partial charge in [-0.1, -0.05) is 28.1 Å². The van der Waals surface area contributed by atoms with Gasteiger partial charge in [0, 0.05) is 9.85 Å². The Hall–Kier alpha value is -0.750. The summed E-state index contributed by atoms with van der Waals surface area (Å²) in [5.74, 6) is 5.55. The van der Waals surface area contributed by atoms with Crippen LogP contribution in [0.2, 0.25) is 0 Å². The van der Waals surface area contributed by atoms with Gasteiger partial charge in [0.15, 0.2) is 0 Å². The van der Waals surface area contributed by atoms with Crippen molar-refractivity contribution >= 4 is 27.3 Å². The van der Waals surface area contributed by atoms with Gasteiger partial charge in [-0.05, 0) is 24.1 Å². The third-order valence-corrected chi connectivity index (χ3v) is 3.50. The maximum Gasteiger partial charge on any atom is 0.0795 e. The van der Waals surface area contributed by atoms with Crippen LogP contribution in [0.1, 0.15) is 17.3 Å². The molecule has 3 N–H and O–H groups in total. The Balaban J connectivity index is 2.10. The number of hydrogen-bond donors (Lipinski definition) is 2. The average molecular weight is 298 g/mol. The highest BCUT2D eigenvalue weighted by molar-refractivity contribution is 9.10. The zero-order valence-electron chi connectivity index (χ0n) is 8.56. The van der Waals surface area contributed by atoms with Crippen molar-refractivity contribution in [3.05, 3.63) is 50.9 Å². The molecule has 84 valence electrons. The predicted octanol–water partition coefficient (Wildman–Crippen LogP) is 2.65. The number of thiazole rings is 1. The van der Waals surface area contributed by atoms with Crippen molar-refractivity contribution in [2.75, 3.05) is 0 Å². The van der Waals surface area contributed by atoms with Crippen LogP contribution in [0, 0.1) is 0 Å². The lowest BCUT2D eigenvalue weighted by atomic mass is 10.0. The summed E-state index contributed by atoms with van der Waals surface area (Å²) in [4.78, 5) is 4.27. The topological polar surface area (TPSA) is 50.9 Å². The number of nitrogens with two attached hydrogens (primary N) is 1. The molecule has 0 radical (unpaired) electrons. The Morgan fingerprint density at radius 3 is 2.69 bits per heavy atom. The molecule has 0 fully saturated rings. The summed E-state index contributed by atoms with van der Waals surface area (Å²) in [6.45, 7) is 0. The summed E-state index contributed by atoms with van der Waals surface area (Å²) in [5, 5.41) is 2.02. The van der Waals surface area contributed by atoms with E-state index in [2.05, 4.69) is 38.5 Å². The van der Waals surface area contributed by atoms with Crippen LogP contribution < -0.4 is 11.3 Å². The van der Waals surface area contributed by atoms with E-state index in [1.165, 1.54) is 5.56 Å². The van der Waals surface area contributed by atoms with Crippen LogP contribution in [-0.2, 0) is 6.42 Å². The number of halogens is 1. The first-order valence-electron chi connectivity index (χ1n) is 4.88. The lowest BCUT2D eigenvalue weighted by molar-refractivity contribution is 0.541. The fourth-order valence-corrected chi connectivity index (χ4v) is 2.37. The minimum atomic E-state index is 0.0763.